The van der Waals surface area contributed by atoms with Gasteiger partial charge in [-0.3, -0.25) is 9.10 Å². The van der Waals surface area contributed by atoms with Gasteiger partial charge in [0.1, 0.15) is 6.54 Å². The zero-order valence-corrected chi connectivity index (χ0v) is 20.0. The number of benzene rings is 3. The van der Waals surface area contributed by atoms with Gasteiger partial charge in [-0.15, -0.1) is 11.8 Å². The second-order valence-corrected chi connectivity index (χ2v) is 10.5. The SMILES string of the molecule is Cc1ccc(C)c(N(CC(=O)NCCCSc2ccccc2)S(=O)(=O)c2ccccc2)c1. The van der Waals surface area contributed by atoms with Gasteiger partial charge in [0.05, 0.1) is 10.6 Å². The van der Waals surface area contributed by atoms with Crippen molar-refractivity contribution in [2.24, 2.45) is 0 Å². The fraction of sp³-hybridized carbons (Fsp3) is 0.240. The normalized spacial score (nSPS) is 11.2. The van der Waals surface area contributed by atoms with Gasteiger partial charge >= 0.3 is 0 Å². The van der Waals surface area contributed by atoms with Crippen LogP contribution in [-0.4, -0.2) is 33.2 Å². The van der Waals surface area contributed by atoms with E-state index in [1.165, 1.54) is 9.20 Å². The van der Waals surface area contributed by atoms with Crippen molar-refractivity contribution in [3.05, 3.63) is 90.0 Å². The average molecular weight is 469 g/mol. The lowest BCUT2D eigenvalue weighted by Gasteiger charge is -2.26. The lowest BCUT2D eigenvalue weighted by atomic mass is 10.1. The number of nitrogens with one attached hydrogen (secondary N) is 1. The number of carbonyl (C=O) groups excluding carboxylic acids is 1. The van der Waals surface area contributed by atoms with Crippen molar-refractivity contribution in [2.45, 2.75) is 30.1 Å². The van der Waals surface area contributed by atoms with Crippen molar-refractivity contribution >= 4 is 33.4 Å². The van der Waals surface area contributed by atoms with Gasteiger partial charge in [0.15, 0.2) is 0 Å². The number of amides is 1. The second kappa shape index (κ2) is 11.2. The Kier molecular flexibility index (Phi) is 8.36. The summed E-state index contributed by atoms with van der Waals surface area (Å²) in [4.78, 5) is 14.1. The average Bonchev–Trinajstić information content (AvgIpc) is 2.80. The minimum atomic E-state index is -3.89. The van der Waals surface area contributed by atoms with Crippen molar-refractivity contribution in [1.29, 1.82) is 0 Å². The number of nitrogens with zero attached hydrogens (tertiary/aromatic N) is 1. The maximum atomic E-state index is 13.4. The first kappa shape index (κ1) is 23.9. The molecule has 7 heteroatoms. The molecule has 3 aromatic rings. The molecule has 0 aliphatic heterocycles. The van der Waals surface area contributed by atoms with Crippen LogP contribution in [0, 0.1) is 13.8 Å². The Morgan fingerprint density at radius 1 is 0.938 bits per heavy atom. The van der Waals surface area contributed by atoms with Crippen LogP contribution in [0.15, 0.2) is 88.7 Å². The third-order valence-corrected chi connectivity index (χ3v) is 7.78. The predicted octanol–water partition coefficient (Wildman–Crippen LogP) is 4.80. The smallest absolute Gasteiger partial charge is 0.264 e. The summed E-state index contributed by atoms with van der Waals surface area (Å²) in [6.07, 6.45) is 0.792. The summed E-state index contributed by atoms with van der Waals surface area (Å²) in [6.45, 7) is 3.97. The summed E-state index contributed by atoms with van der Waals surface area (Å²) in [6, 6.07) is 23.9. The van der Waals surface area contributed by atoms with Crippen LogP contribution in [0.4, 0.5) is 5.69 Å². The molecule has 1 amide bonds. The van der Waals surface area contributed by atoms with Crippen molar-refractivity contribution in [3.8, 4) is 0 Å². The Bertz CT molecular complexity index is 1130. The molecular formula is C25H28N2O3S2. The molecule has 3 rings (SSSR count). The van der Waals surface area contributed by atoms with Gasteiger partial charge in [0.25, 0.3) is 10.0 Å². The number of carbonyl (C=O) groups is 1. The van der Waals surface area contributed by atoms with Crippen molar-refractivity contribution in [3.63, 3.8) is 0 Å². The standard InChI is InChI=1S/C25H28N2O3S2/c1-20-14-15-21(2)24(18-20)27(32(29,30)23-12-7-4-8-13-23)19-25(28)26-16-9-17-31-22-10-5-3-6-11-22/h3-8,10-15,18H,9,16-17,19H2,1-2H3,(H,26,28). The van der Waals surface area contributed by atoms with E-state index in [4.69, 9.17) is 0 Å². The van der Waals surface area contributed by atoms with E-state index in [-0.39, 0.29) is 17.3 Å². The van der Waals surface area contributed by atoms with Crippen molar-refractivity contribution in [1.82, 2.24) is 5.32 Å². The first-order valence-corrected chi connectivity index (χ1v) is 12.9. The zero-order chi connectivity index (χ0) is 23.0. The van der Waals surface area contributed by atoms with Crippen LogP contribution in [0.1, 0.15) is 17.5 Å². The molecule has 0 aliphatic rings. The maximum absolute atomic E-state index is 13.4. The number of thioether (sulfide) groups is 1. The summed E-state index contributed by atoms with van der Waals surface area (Å²) < 4.78 is 28.0. The minimum Gasteiger partial charge on any atom is -0.354 e. The number of sulfonamides is 1. The lowest BCUT2D eigenvalue weighted by Crippen LogP contribution is -2.41. The number of aryl methyl sites for hydroxylation is 2. The molecule has 0 atom stereocenters. The molecule has 0 saturated carbocycles. The minimum absolute atomic E-state index is 0.160. The van der Waals surface area contributed by atoms with E-state index in [2.05, 4.69) is 17.4 Å². The van der Waals surface area contributed by atoms with Gasteiger partial charge in [0.2, 0.25) is 5.91 Å². The molecule has 5 nitrogen and oxygen atoms in total. The molecule has 0 radical (unpaired) electrons. The van der Waals surface area contributed by atoms with E-state index in [1.807, 2.05) is 44.2 Å². The monoisotopic (exact) mass is 468 g/mol. The number of rotatable bonds is 10. The molecule has 0 spiro atoms. The van der Waals surface area contributed by atoms with Crippen LogP contribution in [0.2, 0.25) is 0 Å². The lowest BCUT2D eigenvalue weighted by molar-refractivity contribution is -0.119. The summed E-state index contributed by atoms with van der Waals surface area (Å²) in [5.74, 6) is 0.544. The Balaban J connectivity index is 1.69. The molecule has 1 N–H and O–H groups in total. The van der Waals surface area contributed by atoms with E-state index in [0.717, 1.165) is 23.3 Å². The molecule has 0 fully saturated rings. The summed E-state index contributed by atoms with van der Waals surface area (Å²) >= 11 is 1.73. The third-order valence-electron chi connectivity index (χ3n) is 4.91. The van der Waals surface area contributed by atoms with Gasteiger partial charge in [-0.25, -0.2) is 8.42 Å². The summed E-state index contributed by atoms with van der Waals surface area (Å²) in [5.41, 5.74) is 2.24. The Hall–Kier alpha value is -2.77. The van der Waals surface area contributed by atoms with Gasteiger partial charge in [-0.1, -0.05) is 48.5 Å². The first-order chi connectivity index (χ1) is 15.4. The highest BCUT2D eigenvalue weighted by atomic mass is 32.2. The molecule has 0 aliphatic carbocycles. The van der Waals surface area contributed by atoms with E-state index in [0.29, 0.717) is 12.2 Å². The Morgan fingerprint density at radius 2 is 1.59 bits per heavy atom. The predicted molar refractivity (Wildman–Crippen MR) is 132 cm³/mol. The highest BCUT2D eigenvalue weighted by molar-refractivity contribution is 7.99. The van der Waals surface area contributed by atoms with E-state index in [1.54, 1.807) is 48.2 Å². The van der Waals surface area contributed by atoms with Gasteiger partial charge in [-0.2, -0.15) is 0 Å². The molecule has 3 aromatic carbocycles. The van der Waals surface area contributed by atoms with Crippen LogP contribution in [-0.2, 0) is 14.8 Å². The van der Waals surface area contributed by atoms with E-state index >= 15 is 0 Å². The van der Waals surface area contributed by atoms with Gasteiger partial charge in [-0.05, 0) is 67.5 Å². The summed E-state index contributed by atoms with van der Waals surface area (Å²) in [7, 11) is -3.89. The molecule has 0 saturated heterocycles. The molecule has 0 bridgehead atoms. The zero-order valence-electron chi connectivity index (χ0n) is 18.3. The molecule has 168 valence electrons. The maximum Gasteiger partial charge on any atom is 0.264 e. The second-order valence-electron chi connectivity index (χ2n) is 7.48. The fourth-order valence-electron chi connectivity index (χ4n) is 3.20. The molecule has 0 aromatic heterocycles. The van der Waals surface area contributed by atoms with Crippen molar-refractivity contribution in [2.75, 3.05) is 23.1 Å². The van der Waals surface area contributed by atoms with Gasteiger partial charge in [0, 0.05) is 11.4 Å². The topological polar surface area (TPSA) is 66.5 Å². The van der Waals surface area contributed by atoms with Crippen LogP contribution < -0.4 is 9.62 Å². The fourth-order valence-corrected chi connectivity index (χ4v) is 5.57. The molecule has 0 unspecified atom stereocenters. The number of hydrogen-bond donors (Lipinski definition) is 1. The number of anilines is 1. The first-order valence-electron chi connectivity index (χ1n) is 10.5. The molecule has 32 heavy (non-hydrogen) atoms. The Labute approximate surface area is 194 Å². The summed E-state index contributed by atoms with van der Waals surface area (Å²) in [5, 5.41) is 2.87. The van der Waals surface area contributed by atoms with Crippen molar-refractivity contribution < 1.29 is 13.2 Å². The molecule has 0 heterocycles. The largest absolute Gasteiger partial charge is 0.354 e. The third kappa shape index (κ3) is 6.37. The highest BCUT2D eigenvalue weighted by Crippen LogP contribution is 2.27. The van der Waals surface area contributed by atoms with Crippen LogP contribution in [0.3, 0.4) is 0 Å². The van der Waals surface area contributed by atoms with E-state index < -0.39 is 10.0 Å². The Morgan fingerprint density at radius 3 is 2.28 bits per heavy atom. The van der Waals surface area contributed by atoms with Crippen LogP contribution in [0.5, 0.6) is 0 Å². The van der Waals surface area contributed by atoms with Crippen LogP contribution >= 0.6 is 11.8 Å². The van der Waals surface area contributed by atoms with Crippen LogP contribution in [0.25, 0.3) is 0 Å². The highest BCUT2D eigenvalue weighted by Gasteiger charge is 2.28. The molecular weight excluding hydrogens is 440 g/mol. The number of hydrogen-bond acceptors (Lipinski definition) is 4. The van der Waals surface area contributed by atoms with E-state index in [9.17, 15) is 13.2 Å². The van der Waals surface area contributed by atoms with Gasteiger partial charge < -0.3 is 5.32 Å². The quantitative estimate of drug-likeness (QED) is 0.343.